The molecule has 0 bridgehead atoms. The van der Waals surface area contributed by atoms with Crippen molar-refractivity contribution in [3.8, 4) is 0 Å². The van der Waals surface area contributed by atoms with E-state index in [1.54, 1.807) is 11.6 Å². The summed E-state index contributed by atoms with van der Waals surface area (Å²) in [5.41, 5.74) is 0.245. The number of carbonyl (C=O) groups excluding carboxylic acids is 1. The number of aromatic carboxylic acids is 1. The number of amides is 2. The average Bonchev–Trinajstić information content (AvgIpc) is 2.84. The first kappa shape index (κ1) is 14.8. The summed E-state index contributed by atoms with van der Waals surface area (Å²) in [5.74, 6) is -0.523. The third-order valence-electron chi connectivity index (χ3n) is 2.67. The number of carboxylic acid groups (broad SMARTS) is 1. The molecule has 0 aliphatic heterocycles. The monoisotopic (exact) mass is 309 g/mol. The van der Waals surface area contributed by atoms with Crippen molar-refractivity contribution >= 4 is 29.3 Å². The predicted molar refractivity (Wildman–Crippen MR) is 75.3 cm³/mol. The van der Waals surface area contributed by atoms with Crippen LogP contribution in [0.1, 0.15) is 16.2 Å². The highest BCUT2D eigenvalue weighted by molar-refractivity contribution is 6.33. The second-order valence-corrected chi connectivity index (χ2v) is 4.57. The molecule has 9 heteroatoms. The summed E-state index contributed by atoms with van der Waals surface area (Å²) >= 11 is 5.91. The summed E-state index contributed by atoms with van der Waals surface area (Å²) < 4.78 is 1.66. The molecule has 0 saturated heterocycles. The number of hydrogen-bond donors (Lipinski definition) is 3. The molecule has 2 aromatic rings. The minimum Gasteiger partial charge on any atom is -0.478 e. The van der Waals surface area contributed by atoms with Crippen LogP contribution < -0.4 is 10.6 Å². The highest BCUT2D eigenvalue weighted by Gasteiger charge is 2.10. The summed E-state index contributed by atoms with van der Waals surface area (Å²) in [6.45, 7) is 0.179. The molecule has 110 valence electrons. The van der Waals surface area contributed by atoms with Gasteiger partial charge in [-0.25, -0.2) is 9.59 Å². The summed E-state index contributed by atoms with van der Waals surface area (Å²) in [7, 11) is 1.75. The molecular formula is C12H12ClN5O3. The topological polar surface area (TPSA) is 109 Å². The minimum atomic E-state index is -1.10. The molecule has 1 aromatic heterocycles. The number of benzene rings is 1. The summed E-state index contributed by atoms with van der Waals surface area (Å²) in [6, 6.07) is 3.52. The summed E-state index contributed by atoms with van der Waals surface area (Å²) in [6.07, 6.45) is 1.52. The molecule has 3 N–H and O–H groups in total. The van der Waals surface area contributed by atoms with Crippen molar-refractivity contribution in [1.29, 1.82) is 0 Å². The Morgan fingerprint density at radius 2 is 2.19 bits per heavy atom. The number of anilines is 1. The van der Waals surface area contributed by atoms with Gasteiger partial charge in [-0.15, -0.1) is 10.2 Å². The first-order valence-corrected chi connectivity index (χ1v) is 6.25. The Bertz CT molecular complexity index is 685. The number of carboxylic acids is 1. The van der Waals surface area contributed by atoms with Crippen LogP contribution in [0.3, 0.4) is 0 Å². The Hall–Kier alpha value is -2.61. The summed E-state index contributed by atoms with van der Waals surface area (Å²) in [4.78, 5) is 22.6. The lowest BCUT2D eigenvalue weighted by molar-refractivity contribution is 0.0697. The number of hydrogen-bond acceptors (Lipinski definition) is 4. The van der Waals surface area contributed by atoms with Crippen molar-refractivity contribution in [1.82, 2.24) is 20.1 Å². The van der Waals surface area contributed by atoms with E-state index in [2.05, 4.69) is 20.8 Å². The molecule has 1 heterocycles. The summed E-state index contributed by atoms with van der Waals surface area (Å²) in [5, 5.41) is 21.7. The van der Waals surface area contributed by atoms with Crippen LogP contribution in [0.25, 0.3) is 0 Å². The van der Waals surface area contributed by atoms with Gasteiger partial charge in [0.25, 0.3) is 0 Å². The maximum absolute atomic E-state index is 11.8. The van der Waals surface area contributed by atoms with E-state index in [1.807, 2.05) is 0 Å². The zero-order chi connectivity index (χ0) is 15.4. The number of aryl methyl sites for hydroxylation is 1. The van der Waals surface area contributed by atoms with Crippen LogP contribution in [0, 0.1) is 0 Å². The fraction of sp³-hybridized carbons (Fsp3) is 0.167. The zero-order valence-electron chi connectivity index (χ0n) is 11.0. The average molecular weight is 310 g/mol. The van der Waals surface area contributed by atoms with E-state index < -0.39 is 12.0 Å². The van der Waals surface area contributed by atoms with Crippen molar-refractivity contribution in [2.45, 2.75) is 6.54 Å². The van der Waals surface area contributed by atoms with Gasteiger partial charge in [-0.05, 0) is 18.2 Å². The van der Waals surface area contributed by atoms with Crippen LogP contribution in [-0.4, -0.2) is 31.9 Å². The molecule has 2 rings (SSSR count). The molecule has 0 aliphatic carbocycles. The smallest absolute Gasteiger partial charge is 0.335 e. The second-order valence-electron chi connectivity index (χ2n) is 4.17. The fourth-order valence-electron chi connectivity index (χ4n) is 1.55. The molecule has 8 nitrogen and oxygen atoms in total. The molecule has 0 unspecified atom stereocenters. The Labute approximate surface area is 124 Å². The quantitative estimate of drug-likeness (QED) is 0.792. The predicted octanol–water partition coefficient (Wildman–Crippen LogP) is 1.49. The van der Waals surface area contributed by atoms with E-state index in [4.69, 9.17) is 16.7 Å². The molecule has 0 fully saturated rings. The van der Waals surface area contributed by atoms with Crippen molar-refractivity contribution in [2.75, 3.05) is 5.32 Å². The first-order valence-electron chi connectivity index (χ1n) is 5.88. The Balaban J connectivity index is 2.01. The van der Waals surface area contributed by atoms with Crippen molar-refractivity contribution in [3.63, 3.8) is 0 Å². The maximum atomic E-state index is 11.8. The number of aromatic nitrogens is 3. The van der Waals surface area contributed by atoms with E-state index >= 15 is 0 Å². The largest absolute Gasteiger partial charge is 0.478 e. The van der Waals surface area contributed by atoms with Crippen LogP contribution in [0.4, 0.5) is 10.5 Å². The molecule has 0 saturated carbocycles. The first-order chi connectivity index (χ1) is 9.97. The van der Waals surface area contributed by atoms with Crippen LogP contribution >= 0.6 is 11.6 Å². The lowest BCUT2D eigenvalue weighted by Crippen LogP contribution is -2.29. The molecule has 0 radical (unpaired) electrons. The highest BCUT2D eigenvalue weighted by atomic mass is 35.5. The highest BCUT2D eigenvalue weighted by Crippen LogP contribution is 2.23. The van der Waals surface area contributed by atoms with Crippen LogP contribution in [-0.2, 0) is 13.6 Å². The Morgan fingerprint density at radius 3 is 2.81 bits per heavy atom. The second kappa shape index (κ2) is 6.23. The van der Waals surface area contributed by atoms with Crippen molar-refractivity contribution < 1.29 is 14.7 Å². The van der Waals surface area contributed by atoms with E-state index in [0.717, 1.165) is 0 Å². The van der Waals surface area contributed by atoms with E-state index in [0.29, 0.717) is 5.82 Å². The number of nitrogens with one attached hydrogen (secondary N) is 2. The Kier molecular flexibility index (Phi) is 4.39. The Morgan fingerprint density at radius 1 is 1.43 bits per heavy atom. The number of halogens is 1. The third kappa shape index (κ3) is 3.69. The lowest BCUT2D eigenvalue weighted by atomic mass is 10.2. The lowest BCUT2D eigenvalue weighted by Gasteiger charge is -2.09. The van der Waals surface area contributed by atoms with Gasteiger partial charge in [0, 0.05) is 7.05 Å². The molecule has 1 aromatic carbocycles. The fourth-order valence-corrected chi connectivity index (χ4v) is 1.71. The van der Waals surface area contributed by atoms with Gasteiger partial charge >= 0.3 is 12.0 Å². The van der Waals surface area contributed by atoms with Crippen LogP contribution in [0.5, 0.6) is 0 Å². The maximum Gasteiger partial charge on any atom is 0.335 e. The molecule has 2 amide bonds. The van der Waals surface area contributed by atoms with Gasteiger partial charge in [-0.1, -0.05) is 11.6 Å². The number of carbonyl (C=O) groups is 2. The van der Waals surface area contributed by atoms with Gasteiger partial charge in [0.2, 0.25) is 0 Å². The normalized spacial score (nSPS) is 10.2. The van der Waals surface area contributed by atoms with E-state index in [1.165, 1.54) is 24.5 Å². The molecular weight excluding hydrogens is 298 g/mol. The number of rotatable bonds is 4. The molecule has 0 atom stereocenters. The molecule has 0 aliphatic rings. The van der Waals surface area contributed by atoms with Crippen molar-refractivity contribution in [2.24, 2.45) is 7.05 Å². The van der Waals surface area contributed by atoms with Gasteiger partial charge in [-0.2, -0.15) is 0 Å². The van der Waals surface area contributed by atoms with Gasteiger partial charge in [0.1, 0.15) is 6.33 Å². The SMILES string of the molecule is Cn1cnnc1CNC(=O)Nc1cc(C(=O)O)ccc1Cl. The van der Waals surface area contributed by atoms with Gasteiger partial charge in [-0.3, -0.25) is 0 Å². The molecule has 0 spiro atoms. The van der Waals surface area contributed by atoms with Crippen LogP contribution in [0.2, 0.25) is 5.02 Å². The third-order valence-corrected chi connectivity index (χ3v) is 3.00. The standard InChI is InChI=1S/C12H12ClN5O3/c1-18-6-15-17-10(18)5-14-12(21)16-9-4-7(11(19)20)2-3-8(9)13/h2-4,6H,5H2,1H3,(H,19,20)(H2,14,16,21). The van der Waals surface area contributed by atoms with E-state index in [-0.39, 0.29) is 22.8 Å². The minimum absolute atomic E-state index is 0.0306. The van der Waals surface area contributed by atoms with Crippen molar-refractivity contribution in [3.05, 3.63) is 40.9 Å². The van der Waals surface area contributed by atoms with E-state index in [9.17, 15) is 9.59 Å². The molecule has 21 heavy (non-hydrogen) atoms. The van der Waals surface area contributed by atoms with Gasteiger partial charge < -0.3 is 20.3 Å². The van der Waals surface area contributed by atoms with Gasteiger partial charge in [0.05, 0.1) is 22.8 Å². The zero-order valence-corrected chi connectivity index (χ0v) is 11.8. The number of nitrogens with zero attached hydrogens (tertiary/aromatic N) is 3. The van der Waals surface area contributed by atoms with Crippen LogP contribution in [0.15, 0.2) is 24.5 Å². The van der Waals surface area contributed by atoms with Gasteiger partial charge in [0.15, 0.2) is 5.82 Å². The number of urea groups is 1.